The van der Waals surface area contributed by atoms with E-state index in [0.29, 0.717) is 5.92 Å². The van der Waals surface area contributed by atoms with Crippen LogP contribution in [0, 0.1) is 11.8 Å². The summed E-state index contributed by atoms with van der Waals surface area (Å²) in [5, 5.41) is 9.24. The average molecular weight is 282 g/mol. The molecule has 0 aliphatic carbocycles. The Morgan fingerprint density at radius 3 is 1.95 bits per heavy atom. The minimum Gasteiger partial charge on any atom is -0.481 e. The first-order chi connectivity index (χ1) is 9.61. The Hall–Kier alpha value is -0.790. The Kier molecular flexibility index (Phi) is 12.7. The van der Waals surface area contributed by atoms with Crippen molar-refractivity contribution in [2.75, 3.05) is 0 Å². The monoisotopic (exact) mass is 282 g/mol. The largest absolute Gasteiger partial charge is 0.481 e. The van der Waals surface area contributed by atoms with Gasteiger partial charge in [-0.1, -0.05) is 84.3 Å². The number of allylic oxidation sites excluding steroid dienone is 1. The van der Waals surface area contributed by atoms with Crippen LogP contribution >= 0.6 is 0 Å². The second kappa shape index (κ2) is 13.2. The zero-order valence-corrected chi connectivity index (χ0v) is 13.7. The number of hydrogen-bond acceptors (Lipinski definition) is 1. The molecule has 2 heteroatoms. The Morgan fingerprint density at radius 1 is 0.900 bits per heavy atom. The van der Waals surface area contributed by atoms with Gasteiger partial charge in [0, 0.05) is 0 Å². The molecule has 0 aromatic heterocycles. The number of aliphatic carboxylic acids is 1. The van der Waals surface area contributed by atoms with Gasteiger partial charge in [-0.3, -0.25) is 4.79 Å². The summed E-state index contributed by atoms with van der Waals surface area (Å²) in [6.45, 7) is 6.59. The number of rotatable bonds is 13. The molecule has 1 N–H and O–H groups in total. The van der Waals surface area contributed by atoms with E-state index in [1.54, 1.807) is 0 Å². The van der Waals surface area contributed by atoms with Gasteiger partial charge in [-0.2, -0.15) is 0 Å². The van der Waals surface area contributed by atoms with Crippen molar-refractivity contribution in [3.05, 3.63) is 12.2 Å². The molecule has 118 valence electrons. The van der Waals surface area contributed by atoms with Crippen LogP contribution < -0.4 is 0 Å². The lowest BCUT2D eigenvalue weighted by atomic mass is 9.96. The van der Waals surface area contributed by atoms with Gasteiger partial charge < -0.3 is 5.11 Å². The molecule has 2 nitrogen and oxygen atoms in total. The average Bonchev–Trinajstić information content (AvgIpc) is 2.42. The van der Waals surface area contributed by atoms with Gasteiger partial charge in [0.15, 0.2) is 0 Å². The van der Waals surface area contributed by atoms with Crippen LogP contribution in [0.4, 0.5) is 0 Å². The van der Waals surface area contributed by atoms with E-state index in [1.807, 2.05) is 6.08 Å². The van der Waals surface area contributed by atoms with Gasteiger partial charge >= 0.3 is 5.97 Å². The fourth-order valence-electron chi connectivity index (χ4n) is 2.41. The van der Waals surface area contributed by atoms with Crippen LogP contribution in [0.3, 0.4) is 0 Å². The van der Waals surface area contributed by atoms with E-state index in [-0.39, 0.29) is 5.92 Å². The molecule has 0 heterocycles. The zero-order valence-electron chi connectivity index (χ0n) is 13.7. The molecular formula is C18H34O2. The van der Waals surface area contributed by atoms with E-state index in [4.69, 9.17) is 0 Å². The highest BCUT2D eigenvalue weighted by Gasteiger charge is 2.13. The van der Waals surface area contributed by atoms with Crippen LogP contribution in [-0.4, -0.2) is 11.1 Å². The molecule has 2 unspecified atom stereocenters. The summed E-state index contributed by atoms with van der Waals surface area (Å²) in [7, 11) is 0. The van der Waals surface area contributed by atoms with Gasteiger partial charge in [0.1, 0.15) is 0 Å². The summed E-state index contributed by atoms with van der Waals surface area (Å²) in [4.78, 5) is 11.2. The standard InChI is InChI=1S/C18H34O2/c1-4-6-8-10-12-16(3)14-15-17(18(19)20)13-11-9-7-5-2/h14-17H,4-13H2,1-3H3,(H,19,20)/b15-14+. The molecule has 0 amide bonds. The molecule has 0 saturated carbocycles. The zero-order chi connectivity index (χ0) is 15.2. The van der Waals surface area contributed by atoms with E-state index in [1.165, 1.54) is 44.9 Å². The van der Waals surface area contributed by atoms with Gasteiger partial charge in [-0.05, 0) is 18.8 Å². The number of hydrogen-bond donors (Lipinski definition) is 1. The first-order valence-electron chi connectivity index (χ1n) is 8.52. The molecule has 2 atom stereocenters. The summed E-state index contributed by atoms with van der Waals surface area (Å²) >= 11 is 0. The van der Waals surface area contributed by atoms with Crippen molar-refractivity contribution >= 4 is 5.97 Å². The molecule has 0 aliphatic heterocycles. The Morgan fingerprint density at radius 2 is 1.45 bits per heavy atom. The smallest absolute Gasteiger partial charge is 0.310 e. The fraction of sp³-hybridized carbons (Fsp3) is 0.833. The van der Waals surface area contributed by atoms with E-state index < -0.39 is 5.97 Å². The molecule has 0 bridgehead atoms. The summed E-state index contributed by atoms with van der Waals surface area (Å²) in [6.07, 6.45) is 15.7. The second-order valence-corrected chi connectivity index (χ2v) is 6.01. The fourth-order valence-corrected chi connectivity index (χ4v) is 2.41. The van der Waals surface area contributed by atoms with Gasteiger partial charge in [-0.25, -0.2) is 0 Å². The molecule has 0 aromatic carbocycles. The van der Waals surface area contributed by atoms with Crippen LogP contribution in [0.15, 0.2) is 12.2 Å². The molecule has 0 radical (unpaired) electrons. The van der Waals surface area contributed by atoms with Crippen LogP contribution in [0.1, 0.15) is 85.0 Å². The quantitative estimate of drug-likeness (QED) is 0.341. The Balaban J connectivity index is 3.96. The molecule has 0 spiro atoms. The second-order valence-electron chi connectivity index (χ2n) is 6.01. The number of unbranched alkanes of at least 4 members (excludes halogenated alkanes) is 6. The minimum absolute atomic E-state index is 0.287. The van der Waals surface area contributed by atoms with Gasteiger partial charge in [0.2, 0.25) is 0 Å². The minimum atomic E-state index is -0.670. The van der Waals surface area contributed by atoms with Crippen LogP contribution in [-0.2, 0) is 4.79 Å². The maximum absolute atomic E-state index is 11.2. The lowest BCUT2D eigenvalue weighted by Crippen LogP contribution is -2.11. The summed E-state index contributed by atoms with van der Waals surface area (Å²) in [5.74, 6) is -0.453. The number of carbonyl (C=O) groups is 1. The predicted octanol–water partition coefficient (Wildman–Crippen LogP) is 5.82. The Labute approximate surface area is 125 Å². The molecule has 0 rings (SSSR count). The maximum atomic E-state index is 11.2. The van der Waals surface area contributed by atoms with Gasteiger partial charge in [0.05, 0.1) is 5.92 Å². The number of carboxylic acid groups (broad SMARTS) is 1. The van der Waals surface area contributed by atoms with Crippen molar-refractivity contribution in [3.8, 4) is 0 Å². The van der Waals surface area contributed by atoms with Crippen molar-refractivity contribution in [2.24, 2.45) is 11.8 Å². The van der Waals surface area contributed by atoms with Gasteiger partial charge in [-0.15, -0.1) is 0 Å². The van der Waals surface area contributed by atoms with E-state index >= 15 is 0 Å². The van der Waals surface area contributed by atoms with Gasteiger partial charge in [0.25, 0.3) is 0 Å². The highest BCUT2D eigenvalue weighted by Crippen LogP contribution is 2.16. The molecule has 0 fully saturated rings. The predicted molar refractivity (Wildman–Crippen MR) is 86.9 cm³/mol. The lowest BCUT2D eigenvalue weighted by molar-refractivity contribution is -0.140. The Bertz CT molecular complexity index is 258. The molecule has 20 heavy (non-hydrogen) atoms. The molecule has 0 aliphatic rings. The molecule has 0 aromatic rings. The van der Waals surface area contributed by atoms with Crippen LogP contribution in [0.25, 0.3) is 0 Å². The van der Waals surface area contributed by atoms with Crippen molar-refractivity contribution in [1.82, 2.24) is 0 Å². The van der Waals surface area contributed by atoms with E-state index in [0.717, 1.165) is 19.3 Å². The lowest BCUT2D eigenvalue weighted by Gasteiger charge is -2.10. The summed E-state index contributed by atoms with van der Waals surface area (Å²) < 4.78 is 0. The van der Waals surface area contributed by atoms with E-state index in [2.05, 4.69) is 26.8 Å². The van der Waals surface area contributed by atoms with Crippen molar-refractivity contribution in [1.29, 1.82) is 0 Å². The van der Waals surface area contributed by atoms with Crippen molar-refractivity contribution < 1.29 is 9.90 Å². The highest BCUT2D eigenvalue weighted by atomic mass is 16.4. The molecular weight excluding hydrogens is 248 g/mol. The topological polar surface area (TPSA) is 37.3 Å². The SMILES string of the molecule is CCCCCCC(C)/C=C/C(CCCCCC)C(=O)O. The third kappa shape index (κ3) is 11.1. The first-order valence-corrected chi connectivity index (χ1v) is 8.52. The molecule has 0 saturated heterocycles. The summed E-state index contributed by atoms with van der Waals surface area (Å²) in [6, 6.07) is 0. The summed E-state index contributed by atoms with van der Waals surface area (Å²) in [5.41, 5.74) is 0. The van der Waals surface area contributed by atoms with E-state index in [9.17, 15) is 9.90 Å². The van der Waals surface area contributed by atoms with Crippen LogP contribution in [0.5, 0.6) is 0 Å². The third-order valence-electron chi connectivity index (χ3n) is 3.87. The highest BCUT2D eigenvalue weighted by molar-refractivity contribution is 5.72. The first kappa shape index (κ1) is 19.2. The third-order valence-corrected chi connectivity index (χ3v) is 3.87. The van der Waals surface area contributed by atoms with Crippen molar-refractivity contribution in [2.45, 2.75) is 85.0 Å². The maximum Gasteiger partial charge on any atom is 0.310 e. The number of carboxylic acids is 1. The van der Waals surface area contributed by atoms with Crippen molar-refractivity contribution in [3.63, 3.8) is 0 Å². The normalized spacial score (nSPS) is 14.6. The van der Waals surface area contributed by atoms with Crippen LogP contribution in [0.2, 0.25) is 0 Å².